The van der Waals surface area contributed by atoms with Gasteiger partial charge in [0, 0.05) is 28.7 Å². The van der Waals surface area contributed by atoms with Crippen LogP contribution in [-0.2, 0) is 16.5 Å². The van der Waals surface area contributed by atoms with Crippen molar-refractivity contribution in [2.75, 3.05) is 19.6 Å². The summed E-state index contributed by atoms with van der Waals surface area (Å²) in [6.45, 7) is 5.33. The van der Waals surface area contributed by atoms with Crippen molar-refractivity contribution in [1.82, 2.24) is 9.88 Å². The zero-order valence-electron chi connectivity index (χ0n) is 22.0. The number of halogens is 1. The fraction of sp³-hybridized carbons (Fsp3) is 0.250. The van der Waals surface area contributed by atoms with Crippen molar-refractivity contribution in [3.8, 4) is 0 Å². The van der Waals surface area contributed by atoms with Crippen LogP contribution in [0.5, 0.6) is 0 Å². The Balaban J connectivity index is 0.000000237. The maximum atomic E-state index is 10.5. The van der Waals surface area contributed by atoms with Gasteiger partial charge in [-0.2, -0.15) is 8.42 Å². The highest BCUT2D eigenvalue weighted by Crippen LogP contribution is 2.34. The van der Waals surface area contributed by atoms with Crippen molar-refractivity contribution < 1.29 is 13.0 Å². The third kappa shape index (κ3) is 6.89. The second-order valence-corrected chi connectivity index (χ2v) is 12.1. The van der Waals surface area contributed by atoms with Crippen molar-refractivity contribution in [3.63, 3.8) is 0 Å². The van der Waals surface area contributed by atoms with Crippen LogP contribution in [0.2, 0.25) is 5.02 Å². The van der Waals surface area contributed by atoms with Gasteiger partial charge in [-0.25, -0.2) is 0 Å². The number of hydrogen-bond donors (Lipinski definition) is 2. The molecule has 5 aromatic rings. The van der Waals surface area contributed by atoms with Crippen molar-refractivity contribution in [2.24, 2.45) is 0 Å². The van der Waals surface area contributed by atoms with Gasteiger partial charge in [0.25, 0.3) is 10.1 Å². The van der Waals surface area contributed by atoms with E-state index in [4.69, 9.17) is 16.2 Å². The number of fused-ring (bicyclic) bond motifs is 2. The van der Waals surface area contributed by atoms with Gasteiger partial charge in [0.05, 0.1) is 4.90 Å². The Kier molecular flexibility index (Phi) is 8.38. The molecule has 0 bridgehead atoms. The Morgan fingerprint density at radius 2 is 1.64 bits per heavy atom. The zero-order valence-corrected chi connectivity index (χ0v) is 23.5. The van der Waals surface area contributed by atoms with Crippen LogP contribution in [0.3, 0.4) is 0 Å². The highest BCUT2D eigenvalue weighted by Gasteiger charge is 2.22. The predicted molar refractivity (Wildman–Crippen MR) is 160 cm³/mol. The lowest BCUT2D eigenvalue weighted by Gasteiger charge is -2.32. The summed E-state index contributed by atoms with van der Waals surface area (Å²) in [5, 5.41) is 4.78. The minimum Gasteiger partial charge on any atom is -0.361 e. The van der Waals surface area contributed by atoms with Crippen LogP contribution in [-0.4, -0.2) is 42.5 Å². The van der Waals surface area contributed by atoms with E-state index in [-0.39, 0.29) is 4.90 Å². The molecule has 1 aliphatic heterocycles. The Labute approximate surface area is 235 Å². The van der Waals surface area contributed by atoms with E-state index in [1.807, 2.05) is 13.0 Å². The first-order valence-electron chi connectivity index (χ1n) is 13.3. The topological polar surface area (TPSA) is 73.4 Å². The van der Waals surface area contributed by atoms with Gasteiger partial charge in [0.2, 0.25) is 0 Å². The SMILES string of the molecule is Cc1ccc(S(=O)(=O)O)cc1.Clc1ccc2[nH]cc(C3CCN(CCc4ccc5ccccc5c4)CC3)c2c1. The number of aromatic amines is 1. The molecule has 5 nitrogen and oxygen atoms in total. The van der Waals surface area contributed by atoms with Gasteiger partial charge in [0.1, 0.15) is 0 Å². The second kappa shape index (κ2) is 11.9. The van der Waals surface area contributed by atoms with E-state index in [1.165, 1.54) is 70.9 Å². The van der Waals surface area contributed by atoms with Crippen LogP contribution in [0.1, 0.15) is 35.4 Å². The van der Waals surface area contributed by atoms with E-state index in [1.54, 1.807) is 12.1 Å². The molecule has 0 amide bonds. The monoisotopic (exact) mass is 560 g/mol. The molecule has 1 aromatic heterocycles. The summed E-state index contributed by atoms with van der Waals surface area (Å²) in [6.07, 6.45) is 5.75. The Morgan fingerprint density at radius 3 is 2.36 bits per heavy atom. The normalized spacial score (nSPS) is 14.8. The molecule has 1 fully saturated rings. The smallest absolute Gasteiger partial charge is 0.294 e. The molecular formula is C32H33ClN2O3S. The molecular weight excluding hydrogens is 528 g/mol. The van der Waals surface area contributed by atoms with Gasteiger partial charge >= 0.3 is 0 Å². The molecule has 39 heavy (non-hydrogen) atoms. The van der Waals surface area contributed by atoms with E-state index in [0.29, 0.717) is 5.92 Å². The summed E-state index contributed by atoms with van der Waals surface area (Å²) in [5.74, 6) is 0.629. The number of H-pyrrole nitrogens is 1. The quantitative estimate of drug-likeness (QED) is 0.217. The largest absolute Gasteiger partial charge is 0.361 e. The number of likely N-dealkylation sites (tertiary alicyclic amines) is 1. The molecule has 0 spiro atoms. The highest BCUT2D eigenvalue weighted by molar-refractivity contribution is 7.85. The average molecular weight is 561 g/mol. The summed E-state index contributed by atoms with van der Waals surface area (Å²) < 4.78 is 29.6. The lowest BCUT2D eigenvalue weighted by Crippen LogP contribution is -2.34. The maximum Gasteiger partial charge on any atom is 0.294 e. The molecule has 0 aliphatic carbocycles. The third-order valence-electron chi connectivity index (χ3n) is 7.55. The average Bonchev–Trinajstić information content (AvgIpc) is 3.35. The summed E-state index contributed by atoms with van der Waals surface area (Å²) in [4.78, 5) is 5.96. The summed E-state index contributed by atoms with van der Waals surface area (Å²) in [6, 6.07) is 27.6. The van der Waals surface area contributed by atoms with E-state index in [0.717, 1.165) is 23.6 Å². The van der Waals surface area contributed by atoms with Crippen LogP contribution in [0.15, 0.2) is 96.0 Å². The van der Waals surface area contributed by atoms with Gasteiger partial charge in [-0.15, -0.1) is 0 Å². The lowest BCUT2D eigenvalue weighted by atomic mass is 9.89. The van der Waals surface area contributed by atoms with E-state index < -0.39 is 10.1 Å². The predicted octanol–water partition coefficient (Wildman–Crippen LogP) is 7.64. The summed E-state index contributed by atoms with van der Waals surface area (Å²) in [7, 11) is -4.02. The van der Waals surface area contributed by atoms with Gasteiger partial charge < -0.3 is 9.88 Å². The first kappa shape index (κ1) is 27.4. The minimum atomic E-state index is -4.02. The molecule has 0 atom stereocenters. The van der Waals surface area contributed by atoms with Crippen LogP contribution < -0.4 is 0 Å². The molecule has 6 rings (SSSR count). The number of nitrogens with one attached hydrogen (secondary N) is 1. The Hall–Kier alpha value is -3.16. The molecule has 1 saturated heterocycles. The van der Waals surface area contributed by atoms with Gasteiger partial charge in [-0.1, -0.05) is 71.8 Å². The number of aryl methyl sites for hydroxylation is 1. The highest BCUT2D eigenvalue weighted by atomic mass is 35.5. The Morgan fingerprint density at radius 1 is 0.923 bits per heavy atom. The number of piperidine rings is 1. The molecule has 4 aromatic carbocycles. The first-order valence-corrected chi connectivity index (χ1v) is 15.1. The molecule has 7 heteroatoms. The van der Waals surface area contributed by atoms with Gasteiger partial charge in [-0.05, 0) is 97.4 Å². The van der Waals surface area contributed by atoms with Gasteiger partial charge in [0.15, 0.2) is 0 Å². The molecule has 202 valence electrons. The summed E-state index contributed by atoms with van der Waals surface area (Å²) >= 11 is 6.22. The van der Waals surface area contributed by atoms with Crippen LogP contribution in [0.25, 0.3) is 21.7 Å². The fourth-order valence-electron chi connectivity index (χ4n) is 5.31. The molecule has 0 unspecified atom stereocenters. The van der Waals surface area contributed by atoms with Crippen LogP contribution >= 0.6 is 11.6 Å². The van der Waals surface area contributed by atoms with Gasteiger partial charge in [-0.3, -0.25) is 4.55 Å². The van der Waals surface area contributed by atoms with Crippen LogP contribution in [0, 0.1) is 6.92 Å². The minimum absolute atomic E-state index is 0.0666. The number of aromatic nitrogens is 1. The number of benzene rings is 4. The van der Waals surface area contributed by atoms with E-state index >= 15 is 0 Å². The molecule has 2 N–H and O–H groups in total. The fourth-order valence-corrected chi connectivity index (χ4v) is 5.96. The summed E-state index contributed by atoms with van der Waals surface area (Å²) in [5.41, 5.74) is 5.02. The van der Waals surface area contributed by atoms with E-state index in [2.05, 4.69) is 70.7 Å². The number of hydrogen-bond acceptors (Lipinski definition) is 3. The maximum absolute atomic E-state index is 10.5. The molecule has 1 aliphatic rings. The second-order valence-electron chi connectivity index (χ2n) is 10.3. The van der Waals surface area contributed by atoms with Crippen molar-refractivity contribution in [2.45, 2.75) is 37.0 Å². The van der Waals surface area contributed by atoms with Crippen molar-refractivity contribution >= 4 is 43.4 Å². The molecule has 0 radical (unpaired) electrons. The lowest BCUT2D eigenvalue weighted by molar-refractivity contribution is 0.215. The standard InChI is InChI=1S/C25H25ClN2.C7H8O3S/c26-22-7-8-25-23(16-22)24(17-27-25)20-10-13-28(14-11-20)12-9-18-5-6-19-3-1-2-4-21(19)15-18;1-6-2-4-7(5-3-6)11(8,9)10/h1-8,15-17,20,27H,9-14H2;2-5H,1H3,(H,8,9,10). The first-order chi connectivity index (χ1) is 18.8. The van der Waals surface area contributed by atoms with Crippen LogP contribution in [0.4, 0.5) is 0 Å². The van der Waals surface area contributed by atoms with E-state index in [9.17, 15) is 8.42 Å². The third-order valence-corrected chi connectivity index (χ3v) is 8.66. The zero-order chi connectivity index (χ0) is 27.4. The Bertz CT molecular complexity index is 1670. The van der Waals surface area contributed by atoms with Crippen molar-refractivity contribution in [1.29, 1.82) is 0 Å². The molecule has 0 saturated carbocycles. The van der Waals surface area contributed by atoms with Crippen molar-refractivity contribution in [3.05, 3.63) is 113 Å². The number of rotatable bonds is 5. The molecule has 2 heterocycles. The number of nitrogens with zero attached hydrogens (tertiary/aromatic N) is 1.